The van der Waals surface area contributed by atoms with Crippen molar-refractivity contribution in [2.75, 3.05) is 12.4 Å². The van der Waals surface area contributed by atoms with Crippen LogP contribution in [-0.2, 0) is 4.74 Å². The van der Waals surface area contributed by atoms with Gasteiger partial charge in [-0.2, -0.15) is 0 Å². The third-order valence-corrected chi connectivity index (χ3v) is 5.59. The largest absolute Gasteiger partial charge is 0.464 e. The third kappa shape index (κ3) is 4.08. The molecule has 2 N–H and O–H groups in total. The first-order valence-electron chi connectivity index (χ1n) is 8.29. The molecule has 0 aliphatic heterocycles. The number of halogens is 1. The summed E-state index contributed by atoms with van der Waals surface area (Å²) in [6.07, 6.45) is 1.64. The first-order chi connectivity index (χ1) is 14.0. The fraction of sp³-hybridized carbons (Fsp3) is 0.0526. The minimum Gasteiger partial charge on any atom is -0.464 e. The van der Waals surface area contributed by atoms with E-state index in [1.807, 2.05) is 0 Å². The number of amides is 1. The van der Waals surface area contributed by atoms with E-state index in [1.165, 1.54) is 41.9 Å². The molecule has 0 saturated heterocycles. The smallest absolute Gasteiger partial charge is 0.354 e. The van der Waals surface area contributed by atoms with E-state index in [9.17, 15) is 14.0 Å². The first-order valence-corrected chi connectivity index (χ1v) is 10.0. The van der Waals surface area contributed by atoms with E-state index in [0.29, 0.717) is 27.1 Å². The van der Waals surface area contributed by atoms with Gasteiger partial charge in [-0.3, -0.25) is 10.1 Å². The Morgan fingerprint density at radius 1 is 1.10 bits per heavy atom. The van der Waals surface area contributed by atoms with E-state index < -0.39 is 5.97 Å². The molecule has 3 aromatic heterocycles. The summed E-state index contributed by atoms with van der Waals surface area (Å²) >= 11 is 2.55. The number of aromatic nitrogens is 3. The number of esters is 1. The highest BCUT2D eigenvalue weighted by Crippen LogP contribution is 2.27. The molecule has 0 aliphatic carbocycles. The van der Waals surface area contributed by atoms with Crippen molar-refractivity contribution in [2.45, 2.75) is 0 Å². The van der Waals surface area contributed by atoms with Gasteiger partial charge in [-0.1, -0.05) is 0 Å². The van der Waals surface area contributed by atoms with Crippen molar-refractivity contribution < 1.29 is 18.7 Å². The number of rotatable bonds is 5. The van der Waals surface area contributed by atoms with Crippen LogP contribution >= 0.6 is 22.7 Å². The van der Waals surface area contributed by atoms with Gasteiger partial charge < -0.3 is 9.72 Å². The second kappa shape index (κ2) is 7.94. The van der Waals surface area contributed by atoms with Gasteiger partial charge in [-0.15, -0.1) is 22.7 Å². The van der Waals surface area contributed by atoms with Gasteiger partial charge in [-0.25, -0.2) is 19.2 Å². The van der Waals surface area contributed by atoms with Crippen LogP contribution in [0.4, 0.5) is 9.52 Å². The molecule has 0 radical (unpaired) electrons. The van der Waals surface area contributed by atoms with Crippen LogP contribution in [-0.4, -0.2) is 33.9 Å². The number of H-pyrrole nitrogens is 1. The molecule has 10 heteroatoms. The van der Waals surface area contributed by atoms with Crippen LogP contribution in [0.3, 0.4) is 0 Å². The van der Waals surface area contributed by atoms with Crippen molar-refractivity contribution in [1.82, 2.24) is 15.0 Å². The number of carbonyl (C=O) groups excluding carboxylic acids is 2. The second-order valence-corrected chi connectivity index (χ2v) is 7.55. The van der Waals surface area contributed by atoms with Gasteiger partial charge in [0, 0.05) is 28.1 Å². The van der Waals surface area contributed by atoms with Crippen molar-refractivity contribution in [3.05, 3.63) is 64.5 Å². The second-order valence-electron chi connectivity index (χ2n) is 5.83. The molecule has 146 valence electrons. The highest BCUT2D eigenvalue weighted by atomic mass is 32.1. The number of thiazole rings is 2. The Balaban J connectivity index is 1.46. The molecule has 3 heterocycles. The molecule has 7 nitrogen and oxygen atoms in total. The lowest BCUT2D eigenvalue weighted by atomic mass is 10.2. The summed E-state index contributed by atoms with van der Waals surface area (Å²) in [5.41, 5.74) is 2.62. The third-order valence-electron chi connectivity index (χ3n) is 3.94. The first kappa shape index (κ1) is 19.0. The monoisotopic (exact) mass is 428 g/mol. The fourth-order valence-electron chi connectivity index (χ4n) is 2.50. The van der Waals surface area contributed by atoms with Gasteiger partial charge in [-0.05, 0) is 30.3 Å². The number of methoxy groups -OCH3 is 1. The Bertz CT molecular complexity index is 1180. The summed E-state index contributed by atoms with van der Waals surface area (Å²) in [4.78, 5) is 35.5. The standard InChI is InChI=1S/C19H13FN4O3S2/c1-27-18(26)13-6-11(7-21-13)14-8-29-19(23-14)24-16(25)15-9-28-17(22-15)10-2-4-12(20)5-3-10/h2-9,21H,1H3,(H,23,24,25). The molecule has 4 rings (SSSR count). The lowest BCUT2D eigenvalue weighted by molar-refractivity contribution is 0.0594. The Hall–Kier alpha value is -3.37. The van der Waals surface area contributed by atoms with Crippen LogP contribution in [0.5, 0.6) is 0 Å². The molecule has 1 aromatic carbocycles. The van der Waals surface area contributed by atoms with Gasteiger partial charge in [0.1, 0.15) is 22.2 Å². The summed E-state index contributed by atoms with van der Waals surface area (Å²) in [6, 6.07) is 7.55. The van der Waals surface area contributed by atoms with Crippen LogP contribution in [0.25, 0.3) is 21.8 Å². The van der Waals surface area contributed by atoms with E-state index in [-0.39, 0.29) is 17.4 Å². The normalized spacial score (nSPS) is 10.7. The summed E-state index contributed by atoms with van der Waals surface area (Å²) in [5, 5.41) is 7.15. The average molecular weight is 428 g/mol. The fourth-order valence-corrected chi connectivity index (χ4v) is 4.02. The number of nitrogens with one attached hydrogen (secondary N) is 2. The van der Waals surface area contributed by atoms with Crippen molar-refractivity contribution >= 4 is 39.7 Å². The molecule has 29 heavy (non-hydrogen) atoms. The Morgan fingerprint density at radius 2 is 1.90 bits per heavy atom. The molecule has 1 amide bonds. The predicted octanol–water partition coefficient (Wildman–Crippen LogP) is 4.44. The van der Waals surface area contributed by atoms with Crippen molar-refractivity contribution in [3.63, 3.8) is 0 Å². The van der Waals surface area contributed by atoms with Crippen LogP contribution in [0, 0.1) is 5.82 Å². The molecule has 0 atom stereocenters. The molecule has 4 aromatic rings. The number of carbonyl (C=O) groups is 2. The maximum Gasteiger partial charge on any atom is 0.354 e. The minimum absolute atomic E-state index is 0.251. The van der Waals surface area contributed by atoms with Gasteiger partial charge in [0.25, 0.3) is 5.91 Å². The molecule has 0 aliphatic rings. The number of hydrogen-bond donors (Lipinski definition) is 2. The zero-order chi connectivity index (χ0) is 20.4. The number of aromatic amines is 1. The van der Waals surface area contributed by atoms with Crippen LogP contribution in [0.2, 0.25) is 0 Å². The van der Waals surface area contributed by atoms with E-state index in [2.05, 4.69) is 25.0 Å². The lowest BCUT2D eigenvalue weighted by Crippen LogP contribution is -2.12. The zero-order valence-electron chi connectivity index (χ0n) is 14.9. The molecular weight excluding hydrogens is 415 g/mol. The maximum absolute atomic E-state index is 13.0. The molecular formula is C19H13FN4O3S2. The number of anilines is 1. The molecule has 0 spiro atoms. The van der Waals surface area contributed by atoms with Gasteiger partial charge in [0.2, 0.25) is 0 Å². The average Bonchev–Trinajstić information content (AvgIpc) is 3.47. The summed E-state index contributed by atoms with van der Waals surface area (Å²) < 4.78 is 17.7. The number of ether oxygens (including phenoxy) is 1. The molecule has 0 bridgehead atoms. The van der Waals surface area contributed by atoms with Gasteiger partial charge in [0.15, 0.2) is 5.13 Å². The summed E-state index contributed by atoms with van der Waals surface area (Å²) in [7, 11) is 1.30. The van der Waals surface area contributed by atoms with Crippen LogP contribution in [0.15, 0.2) is 47.3 Å². The molecule has 0 fully saturated rings. The van der Waals surface area contributed by atoms with E-state index in [4.69, 9.17) is 0 Å². The predicted molar refractivity (Wildman–Crippen MR) is 109 cm³/mol. The zero-order valence-corrected chi connectivity index (χ0v) is 16.6. The van der Waals surface area contributed by atoms with Crippen LogP contribution in [0.1, 0.15) is 21.0 Å². The highest BCUT2D eigenvalue weighted by molar-refractivity contribution is 7.14. The number of hydrogen-bond acceptors (Lipinski definition) is 7. The Morgan fingerprint density at radius 3 is 2.66 bits per heavy atom. The quantitative estimate of drug-likeness (QED) is 0.458. The lowest BCUT2D eigenvalue weighted by Gasteiger charge is -1.98. The van der Waals surface area contributed by atoms with Crippen molar-refractivity contribution in [1.29, 1.82) is 0 Å². The van der Waals surface area contributed by atoms with E-state index >= 15 is 0 Å². The number of benzene rings is 1. The van der Waals surface area contributed by atoms with Crippen molar-refractivity contribution in [3.8, 4) is 21.8 Å². The molecule has 0 saturated carbocycles. The maximum atomic E-state index is 13.0. The van der Waals surface area contributed by atoms with Gasteiger partial charge in [0.05, 0.1) is 12.8 Å². The minimum atomic E-state index is -0.472. The SMILES string of the molecule is COC(=O)c1cc(-c2csc(NC(=O)c3csc(-c4ccc(F)cc4)n3)n2)c[nH]1. The number of nitrogens with zero attached hydrogens (tertiary/aromatic N) is 2. The van der Waals surface area contributed by atoms with Crippen LogP contribution < -0.4 is 5.32 Å². The topological polar surface area (TPSA) is 97.0 Å². The van der Waals surface area contributed by atoms with Crippen molar-refractivity contribution in [2.24, 2.45) is 0 Å². The summed E-state index contributed by atoms with van der Waals surface area (Å²) in [5.74, 6) is -1.19. The molecule has 0 unspecified atom stereocenters. The van der Waals surface area contributed by atoms with E-state index in [0.717, 1.165) is 5.56 Å². The highest BCUT2D eigenvalue weighted by Gasteiger charge is 2.16. The van der Waals surface area contributed by atoms with E-state index in [1.54, 1.807) is 35.2 Å². The summed E-state index contributed by atoms with van der Waals surface area (Å²) in [6.45, 7) is 0. The Kier molecular flexibility index (Phi) is 5.19. The van der Waals surface area contributed by atoms with Gasteiger partial charge >= 0.3 is 5.97 Å². The Labute approximate surface area is 172 Å².